The van der Waals surface area contributed by atoms with Gasteiger partial charge in [0.25, 0.3) is 5.91 Å². The lowest BCUT2D eigenvalue weighted by Crippen LogP contribution is -2.55. The molecule has 2 aliphatic heterocycles. The minimum absolute atomic E-state index is 0.178. The predicted octanol–water partition coefficient (Wildman–Crippen LogP) is 2.34. The van der Waals surface area contributed by atoms with Crippen LogP contribution in [0.15, 0.2) is 24.4 Å². The maximum Gasteiger partial charge on any atom is 0.324 e. The van der Waals surface area contributed by atoms with Crippen LogP contribution in [-0.2, 0) is 4.79 Å². The lowest BCUT2D eigenvalue weighted by atomic mass is 9.86. The Bertz CT molecular complexity index is 808. The highest BCUT2D eigenvalue weighted by Crippen LogP contribution is 2.37. The molecule has 3 amide bonds. The van der Waals surface area contributed by atoms with E-state index in [0.29, 0.717) is 31.0 Å². The Kier molecular flexibility index (Phi) is 3.06. The first-order chi connectivity index (χ1) is 11.0. The van der Waals surface area contributed by atoms with E-state index < -0.39 is 5.54 Å². The molecule has 0 aliphatic carbocycles. The SMILES string of the molecule is CN1C(=O)NC(=O)C12CCN(c1cc(Cl)cc3[nH]ccc13)CC2. The first-order valence-electron chi connectivity index (χ1n) is 7.62. The maximum absolute atomic E-state index is 12.2. The summed E-state index contributed by atoms with van der Waals surface area (Å²) in [7, 11) is 1.69. The zero-order valence-electron chi connectivity index (χ0n) is 12.7. The van der Waals surface area contributed by atoms with Crippen LogP contribution < -0.4 is 10.2 Å². The molecule has 2 aromatic rings. The Morgan fingerprint density at radius 3 is 2.61 bits per heavy atom. The number of amides is 3. The minimum atomic E-state index is -0.705. The van der Waals surface area contributed by atoms with Crippen molar-refractivity contribution in [3.05, 3.63) is 29.4 Å². The number of hydrogen-bond donors (Lipinski definition) is 2. The van der Waals surface area contributed by atoms with Crippen LogP contribution in [-0.4, -0.2) is 47.5 Å². The van der Waals surface area contributed by atoms with Crippen molar-refractivity contribution in [2.24, 2.45) is 0 Å². The Hall–Kier alpha value is -2.21. The molecule has 1 spiro atoms. The average Bonchev–Trinajstić information content (AvgIpc) is 3.07. The summed E-state index contributed by atoms with van der Waals surface area (Å²) < 4.78 is 0. The van der Waals surface area contributed by atoms with E-state index in [9.17, 15) is 9.59 Å². The van der Waals surface area contributed by atoms with E-state index in [1.54, 1.807) is 11.9 Å². The van der Waals surface area contributed by atoms with Crippen LogP contribution in [0.5, 0.6) is 0 Å². The Morgan fingerprint density at radius 2 is 1.96 bits per heavy atom. The number of likely N-dealkylation sites (N-methyl/N-ethyl adjacent to an activating group) is 1. The second-order valence-electron chi connectivity index (χ2n) is 6.20. The molecule has 7 heteroatoms. The summed E-state index contributed by atoms with van der Waals surface area (Å²) in [6, 6.07) is 5.59. The third kappa shape index (κ3) is 2.01. The van der Waals surface area contributed by atoms with Gasteiger partial charge in [0.05, 0.1) is 0 Å². The number of aromatic nitrogens is 1. The van der Waals surface area contributed by atoms with E-state index >= 15 is 0 Å². The summed E-state index contributed by atoms with van der Waals surface area (Å²) in [6.07, 6.45) is 3.12. The molecule has 23 heavy (non-hydrogen) atoms. The number of carbonyl (C=O) groups is 2. The van der Waals surface area contributed by atoms with Crippen molar-refractivity contribution in [3.8, 4) is 0 Å². The number of nitrogens with zero attached hydrogens (tertiary/aromatic N) is 2. The summed E-state index contributed by atoms with van der Waals surface area (Å²) in [5.74, 6) is -0.178. The standard InChI is InChI=1S/C16H17ClN4O2/c1-20-15(23)19-14(22)16(20)3-6-21(7-4-16)13-9-10(17)8-12-11(13)2-5-18-12/h2,5,8-9,18H,3-4,6-7H2,1H3,(H,19,22,23). The second kappa shape index (κ2) is 4.89. The van der Waals surface area contributed by atoms with Gasteiger partial charge in [-0.1, -0.05) is 11.6 Å². The second-order valence-corrected chi connectivity index (χ2v) is 6.64. The Labute approximate surface area is 138 Å². The van der Waals surface area contributed by atoms with Crippen molar-refractivity contribution in [2.45, 2.75) is 18.4 Å². The van der Waals surface area contributed by atoms with Crippen LogP contribution in [0.2, 0.25) is 5.02 Å². The highest BCUT2D eigenvalue weighted by molar-refractivity contribution is 6.31. The van der Waals surface area contributed by atoms with Crippen LogP contribution in [0, 0.1) is 0 Å². The summed E-state index contributed by atoms with van der Waals surface area (Å²) in [4.78, 5) is 30.9. The summed E-state index contributed by atoms with van der Waals surface area (Å²) in [5.41, 5.74) is 1.36. The van der Waals surface area contributed by atoms with Crippen LogP contribution in [0.4, 0.5) is 10.5 Å². The molecule has 3 heterocycles. The molecule has 1 aromatic heterocycles. The van der Waals surface area contributed by atoms with E-state index in [1.165, 1.54) is 0 Å². The van der Waals surface area contributed by atoms with Gasteiger partial charge in [-0.25, -0.2) is 4.79 Å². The third-order valence-corrected chi connectivity index (χ3v) is 5.35. The lowest BCUT2D eigenvalue weighted by molar-refractivity contribution is -0.127. The smallest absolute Gasteiger partial charge is 0.324 e. The van der Waals surface area contributed by atoms with E-state index in [-0.39, 0.29) is 11.9 Å². The van der Waals surface area contributed by atoms with Gasteiger partial charge >= 0.3 is 6.03 Å². The number of fused-ring (bicyclic) bond motifs is 1. The monoisotopic (exact) mass is 332 g/mol. The molecule has 0 saturated carbocycles. The van der Waals surface area contributed by atoms with Crippen molar-refractivity contribution < 1.29 is 9.59 Å². The molecule has 120 valence electrons. The van der Waals surface area contributed by atoms with E-state index in [4.69, 9.17) is 11.6 Å². The van der Waals surface area contributed by atoms with Crippen molar-refractivity contribution >= 4 is 40.1 Å². The van der Waals surface area contributed by atoms with E-state index in [1.807, 2.05) is 24.4 Å². The molecular formula is C16H17ClN4O2. The molecule has 2 saturated heterocycles. The van der Waals surface area contributed by atoms with Gasteiger partial charge in [-0.3, -0.25) is 10.1 Å². The number of aromatic amines is 1. The fourth-order valence-corrected chi connectivity index (χ4v) is 3.91. The number of imide groups is 1. The van der Waals surface area contributed by atoms with E-state index in [2.05, 4.69) is 15.2 Å². The number of halogens is 1. The zero-order valence-corrected chi connectivity index (χ0v) is 13.5. The van der Waals surface area contributed by atoms with Crippen LogP contribution in [0.3, 0.4) is 0 Å². The molecule has 6 nitrogen and oxygen atoms in total. The highest BCUT2D eigenvalue weighted by Gasteiger charge is 2.52. The largest absolute Gasteiger partial charge is 0.371 e. The molecule has 2 N–H and O–H groups in total. The van der Waals surface area contributed by atoms with Gasteiger partial charge in [0.15, 0.2) is 0 Å². The van der Waals surface area contributed by atoms with Crippen molar-refractivity contribution in [2.75, 3.05) is 25.0 Å². The maximum atomic E-state index is 12.2. The van der Waals surface area contributed by atoms with Crippen LogP contribution in [0.1, 0.15) is 12.8 Å². The predicted molar refractivity (Wildman–Crippen MR) is 88.8 cm³/mol. The first kappa shape index (κ1) is 14.4. The molecule has 2 fully saturated rings. The Balaban J connectivity index is 1.64. The summed E-state index contributed by atoms with van der Waals surface area (Å²) in [5, 5.41) is 4.22. The quantitative estimate of drug-likeness (QED) is 0.788. The van der Waals surface area contributed by atoms with Gasteiger partial charge in [0.2, 0.25) is 0 Å². The molecule has 0 atom stereocenters. The van der Waals surface area contributed by atoms with Gasteiger partial charge in [0, 0.05) is 47.9 Å². The molecule has 2 aliphatic rings. The molecule has 1 aromatic carbocycles. The van der Waals surface area contributed by atoms with Gasteiger partial charge in [-0.15, -0.1) is 0 Å². The fourth-order valence-electron chi connectivity index (χ4n) is 3.70. The summed E-state index contributed by atoms with van der Waals surface area (Å²) >= 11 is 6.22. The van der Waals surface area contributed by atoms with Gasteiger partial charge in [0.1, 0.15) is 5.54 Å². The number of carbonyl (C=O) groups excluding carboxylic acids is 2. The number of nitrogens with one attached hydrogen (secondary N) is 2. The molecule has 0 radical (unpaired) electrons. The lowest BCUT2D eigenvalue weighted by Gasteiger charge is -2.41. The fraction of sp³-hybridized carbons (Fsp3) is 0.375. The van der Waals surface area contributed by atoms with E-state index in [0.717, 1.165) is 16.6 Å². The minimum Gasteiger partial charge on any atom is -0.371 e. The first-order valence-corrected chi connectivity index (χ1v) is 8.00. The number of rotatable bonds is 1. The molecular weight excluding hydrogens is 316 g/mol. The molecule has 0 bridgehead atoms. The number of anilines is 1. The molecule has 4 rings (SSSR count). The number of H-pyrrole nitrogens is 1. The Morgan fingerprint density at radius 1 is 1.22 bits per heavy atom. The van der Waals surface area contributed by atoms with Gasteiger partial charge in [-0.05, 0) is 31.0 Å². The van der Waals surface area contributed by atoms with Gasteiger partial charge in [-0.2, -0.15) is 0 Å². The van der Waals surface area contributed by atoms with Crippen molar-refractivity contribution in [3.63, 3.8) is 0 Å². The molecule has 0 unspecified atom stereocenters. The van der Waals surface area contributed by atoms with Crippen molar-refractivity contribution in [1.29, 1.82) is 0 Å². The van der Waals surface area contributed by atoms with Crippen LogP contribution >= 0.6 is 11.6 Å². The zero-order chi connectivity index (χ0) is 16.2. The topological polar surface area (TPSA) is 68.4 Å². The van der Waals surface area contributed by atoms with Gasteiger partial charge < -0.3 is 14.8 Å². The average molecular weight is 333 g/mol. The summed E-state index contributed by atoms with van der Waals surface area (Å²) in [6.45, 7) is 1.40. The number of hydrogen-bond acceptors (Lipinski definition) is 3. The third-order valence-electron chi connectivity index (χ3n) is 5.13. The van der Waals surface area contributed by atoms with Crippen molar-refractivity contribution in [1.82, 2.24) is 15.2 Å². The van der Waals surface area contributed by atoms with Crippen LogP contribution in [0.25, 0.3) is 10.9 Å². The number of benzene rings is 1. The highest BCUT2D eigenvalue weighted by atomic mass is 35.5. The number of piperidine rings is 1. The normalized spacial score (nSPS) is 20.6. The number of urea groups is 1.